The van der Waals surface area contributed by atoms with E-state index in [4.69, 9.17) is 0 Å². The maximum Gasteiger partial charge on any atom is 0.131 e. The fourth-order valence-corrected chi connectivity index (χ4v) is 3.19. The fraction of sp³-hybridized carbons (Fsp3) is 0.353. The molecular weight excluding hydrogens is 274 g/mol. The van der Waals surface area contributed by atoms with Crippen LogP contribution in [0.2, 0.25) is 0 Å². The number of para-hydroxylation sites is 1. The first-order valence-corrected chi connectivity index (χ1v) is 7.93. The van der Waals surface area contributed by atoms with Crippen LogP contribution in [0.3, 0.4) is 0 Å². The first kappa shape index (κ1) is 13.2. The maximum absolute atomic E-state index is 4.42. The minimum atomic E-state index is 0.503. The summed E-state index contributed by atoms with van der Waals surface area (Å²) in [7, 11) is 0. The lowest BCUT2D eigenvalue weighted by atomic mass is 9.96. The molecule has 4 rings (SSSR count). The molecule has 0 spiro atoms. The van der Waals surface area contributed by atoms with E-state index < -0.39 is 0 Å². The molecule has 0 unspecified atom stereocenters. The van der Waals surface area contributed by atoms with Crippen molar-refractivity contribution < 1.29 is 0 Å². The molecule has 5 heteroatoms. The second-order valence-electron chi connectivity index (χ2n) is 5.84. The SMILES string of the molecule is c1ccc(-n2nccc2-c2cn(C3CCCCC3)nn2)cc1. The molecule has 1 aliphatic rings. The van der Waals surface area contributed by atoms with Gasteiger partial charge in [-0.1, -0.05) is 42.7 Å². The van der Waals surface area contributed by atoms with E-state index in [0.29, 0.717) is 6.04 Å². The molecule has 0 saturated heterocycles. The van der Waals surface area contributed by atoms with Crippen molar-refractivity contribution in [1.29, 1.82) is 0 Å². The number of benzene rings is 1. The van der Waals surface area contributed by atoms with Crippen molar-refractivity contribution in [2.24, 2.45) is 0 Å². The molecule has 0 aliphatic heterocycles. The van der Waals surface area contributed by atoms with Crippen LogP contribution < -0.4 is 0 Å². The molecule has 0 amide bonds. The smallest absolute Gasteiger partial charge is 0.131 e. The quantitative estimate of drug-likeness (QED) is 0.741. The molecule has 112 valence electrons. The third kappa shape index (κ3) is 2.43. The summed E-state index contributed by atoms with van der Waals surface area (Å²) in [6.07, 6.45) is 10.2. The summed E-state index contributed by atoms with van der Waals surface area (Å²) >= 11 is 0. The Hall–Kier alpha value is -2.43. The Morgan fingerprint density at radius 1 is 0.955 bits per heavy atom. The summed E-state index contributed by atoms with van der Waals surface area (Å²) in [6.45, 7) is 0. The average Bonchev–Trinajstić information content (AvgIpc) is 3.25. The van der Waals surface area contributed by atoms with Crippen LogP contribution in [0.5, 0.6) is 0 Å². The maximum atomic E-state index is 4.42. The third-order valence-electron chi connectivity index (χ3n) is 4.37. The van der Waals surface area contributed by atoms with E-state index in [0.717, 1.165) is 17.1 Å². The molecule has 0 radical (unpaired) electrons. The van der Waals surface area contributed by atoms with E-state index in [2.05, 4.69) is 21.6 Å². The Kier molecular flexibility index (Phi) is 3.46. The van der Waals surface area contributed by atoms with Gasteiger partial charge in [0.05, 0.1) is 29.8 Å². The fourth-order valence-electron chi connectivity index (χ4n) is 3.19. The van der Waals surface area contributed by atoms with Crippen LogP contribution in [-0.2, 0) is 0 Å². The van der Waals surface area contributed by atoms with Crippen molar-refractivity contribution in [1.82, 2.24) is 24.8 Å². The summed E-state index contributed by atoms with van der Waals surface area (Å²) in [5.74, 6) is 0. The van der Waals surface area contributed by atoms with Gasteiger partial charge in [-0.15, -0.1) is 5.10 Å². The lowest BCUT2D eigenvalue weighted by molar-refractivity contribution is 0.324. The molecule has 0 N–H and O–H groups in total. The Bertz CT molecular complexity index is 737. The molecule has 5 nitrogen and oxygen atoms in total. The Labute approximate surface area is 129 Å². The van der Waals surface area contributed by atoms with Gasteiger partial charge in [-0.25, -0.2) is 9.36 Å². The summed E-state index contributed by atoms with van der Waals surface area (Å²) in [5.41, 5.74) is 2.90. The normalized spacial score (nSPS) is 16.0. The predicted octanol–water partition coefficient (Wildman–Crippen LogP) is 3.64. The lowest BCUT2D eigenvalue weighted by Crippen LogP contribution is -2.13. The number of hydrogen-bond acceptors (Lipinski definition) is 3. The minimum absolute atomic E-state index is 0.503. The van der Waals surface area contributed by atoms with Gasteiger partial charge in [0.15, 0.2) is 0 Å². The van der Waals surface area contributed by atoms with Gasteiger partial charge < -0.3 is 0 Å². The molecule has 2 aromatic heterocycles. The average molecular weight is 293 g/mol. The van der Waals surface area contributed by atoms with Crippen LogP contribution >= 0.6 is 0 Å². The van der Waals surface area contributed by atoms with Gasteiger partial charge in [0.2, 0.25) is 0 Å². The zero-order valence-corrected chi connectivity index (χ0v) is 12.5. The predicted molar refractivity (Wildman–Crippen MR) is 84.7 cm³/mol. The third-order valence-corrected chi connectivity index (χ3v) is 4.37. The molecular formula is C17H19N5. The number of nitrogens with zero attached hydrogens (tertiary/aromatic N) is 5. The molecule has 1 saturated carbocycles. The lowest BCUT2D eigenvalue weighted by Gasteiger charge is -2.20. The second kappa shape index (κ2) is 5.75. The number of hydrogen-bond donors (Lipinski definition) is 0. The molecule has 1 aliphatic carbocycles. The summed E-state index contributed by atoms with van der Waals surface area (Å²) in [5, 5.41) is 13.2. The van der Waals surface area contributed by atoms with Gasteiger partial charge in [-0.05, 0) is 31.0 Å². The van der Waals surface area contributed by atoms with E-state index in [9.17, 15) is 0 Å². The largest absolute Gasteiger partial charge is 0.249 e. The standard InChI is InChI=1S/C17H19N5/c1-3-7-14(8-4-1)21-13-16(19-20-21)17-11-12-18-22(17)15-9-5-2-6-10-15/h2,5-6,9-14H,1,3-4,7-8H2. The van der Waals surface area contributed by atoms with Gasteiger partial charge in [-0.2, -0.15) is 5.10 Å². The first-order valence-electron chi connectivity index (χ1n) is 7.93. The van der Waals surface area contributed by atoms with Crippen molar-refractivity contribution in [3.05, 3.63) is 48.8 Å². The van der Waals surface area contributed by atoms with Crippen molar-refractivity contribution in [3.63, 3.8) is 0 Å². The summed E-state index contributed by atoms with van der Waals surface area (Å²) < 4.78 is 3.95. The highest BCUT2D eigenvalue weighted by molar-refractivity contribution is 5.56. The van der Waals surface area contributed by atoms with E-state index in [1.807, 2.05) is 52.0 Å². The van der Waals surface area contributed by atoms with E-state index in [1.54, 1.807) is 0 Å². The van der Waals surface area contributed by atoms with Crippen molar-refractivity contribution in [2.75, 3.05) is 0 Å². The Morgan fingerprint density at radius 2 is 1.77 bits per heavy atom. The van der Waals surface area contributed by atoms with Crippen molar-refractivity contribution in [2.45, 2.75) is 38.1 Å². The van der Waals surface area contributed by atoms with Crippen LogP contribution in [-0.4, -0.2) is 24.8 Å². The van der Waals surface area contributed by atoms with Crippen LogP contribution in [0.15, 0.2) is 48.8 Å². The van der Waals surface area contributed by atoms with Gasteiger partial charge >= 0.3 is 0 Å². The van der Waals surface area contributed by atoms with Crippen LogP contribution in [0, 0.1) is 0 Å². The van der Waals surface area contributed by atoms with Gasteiger partial charge in [0, 0.05) is 0 Å². The van der Waals surface area contributed by atoms with Gasteiger partial charge in [-0.3, -0.25) is 0 Å². The van der Waals surface area contributed by atoms with Gasteiger partial charge in [0.1, 0.15) is 5.69 Å². The Balaban J connectivity index is 1.66. The zero-order valence-electron chi connectivity index (χ0n) is 12.5. The highest BCUT2D eigenvalue weighted by atomic mass is 15.4. The highest BCUT2D eigenvalue weighted by Gasteiger charge is 2.18. The molecule has 22 heavy (non-hydrogen) atoms. The van der Waals surface area contributed by atoms with Crippen LogP contribution in [0.1, 0.15) is 38.1 Å². The van der Waals surface area contributed by atoms with Gasteiger partial charge in [0.25, 0.3) is 0 Å². The first-order chi connectivity index (χ1) is 10.9. The molecule has 3 aromatic rings. The summed E-state index contributed by atoms with van der Waals surface area (Å²) in [4.78, 5) is 0. The topological polar surface area (TPSA) is 48.5 Å². The second-order valence-corrected chi connectivity index (χ2v) is 5.84. The number of aromatic nitrogens is 5. The monoisotopic (exact) mass is 293 g/mol. The van der Waals surface area contributed by atoms with Crippen LogP contribution in [0.4, 0.5) is 0 Å². The van der Waals surface area contributed by atoms with E-state index in [1.165, 1.54) is 32.1 Å². The molecule has 1 aromatic carbocycles. The molecule has 1 fully saturated rings. The Morgan fingerprint density at radius 3 is 2.59 bits per heavy atom. The van der Waals surface area contributed by atoms with E-state index >= 15 is 0 Å². The van der Waals surface area contributed by atoms with Crippen molar-refractivity contribution in [3.8, 4) is 17.1 Å². The van der Waals surface area contributed by atoms with Crippen molar-refractivity contribution >= 4 is 0 Å². The van der Waals surface area contributed by atoms with E-state index in [-0.39, 0.29) is 0 Å². The van der Waals surface area contributed by atoms with Crippen LogP contribution in [0.25, 0.3) is 17.1 Å². The molecule has 0 bridgehead atoms. The molecule has 2 heterocycles. The highest BCUT2D eigenvalue weighted by Crippen LogP contribution is 2.28. The zero-order chi connectivity index (χ0) is 14.8. The minimum Gasteiger partial charge on any atom is -0.249 e. The summed E-state index contributed by atoms with van der Waals surface area (Å²) in [6, 6.07) is 12.6. The number of rotatable bonds is 3. The molecule has 0 atom stereocenters.